The first-order valence-electron chi connectivity index (χ1n) is 14.2. The Labute approximate surface area is 248 Å². The Morgan fingerprint density at radius 3 is 2.15 bits per heavy atom. The molecule has 0 saturated heterocycles. The zero-order valence-electron chi connectivity index (χ0n) is 23.7. The number of fused-ring (bicyclic) bond motifs is 4. The molecule has 0 amide bonds. The van der Waals surface area contributed by atoms with Crippen LogP contribution in [-0.4, -0.2) is 8.75 Å². The van der Waals surface area contributed by atoms with Gasteiger partial charge < -0.3 is 0 Å². The molecule has 0 saturated carbocycles. The van der Waals surface area contributed by atoms with Crippen molar-refractivity contribution in [3.8, 4) is 43.1 Å². The molecule has 0 aliphatic heterocycles. The van der Waals surface area contributed by atoms with E-state index >= 15 is 4.39 Å². The molecule has 41 heavy (non-hydrogen) atoms. The third kappa shape index (κ3) is 4.43. The number of hydrogen-bond acceptors (Lipinski definition) is 4. The Bertz CT molecular complexity index is 1930. The maximum Gasteiger partial charge on any atom is 0.132 e. The fourth-order valence-corrected chi connectivity index (χ4v) is 7.80. The summed E-state index contributed by atoms with van der Waals surface area (Å²) in [5, 5.41) is 0. The molecular formula is C36H31FN2S2. The first-order valence-corrected chi connectivity index (χ1v) is 15.7. The van der Waals surface area contributed by atoms with E-state index in [9.17, 15) is 0 Å². The molecule has 1 aliphatic carbocycles. The van der Waals surface area contributed by atoms with E-state index in [1.165, 1.54) is 34.0 Å². The van der Waals surface area contributed by atoms with Crippen LogP contribution in [0.3, 0.4) is 0 Å². The van der Waals surface area contributed by atoms with Crippen molar-refractivity contribution in [3.05, 3.63) is 107 Å². The standard InChI is InChI=1S/C36H31FN2S2/c1-21(2)9-10-22-11-13-27(31(37)19-22)32-17-18-33(40-32)28-16-15-24(34-35(28)39-41-38-34)23-12-14-26-25-7-5-6-8-29(25)36(3,4)30(26)20-23/h5-8,11-21H,9-10H2,1-4H3. The predicted molar refractivity (Wildman–Crippen MR) is 172 cm³/mol. The van der Waals surface area contributed by atoms with Gasteiger partial charge in [-0.15, -0.1) is 11.3 Å². The van der Waals surface area contributed by atoms with Crippen LogP contribution in [0.2, 0.25) is 0 Å². The Morgan fingerprint density at radius 2 is 1.37 bits per heavy atom. The molecule has 0 bridgehead atoms. The number of aryl methyl sites for hydroxylation is 1. The first-order chi connectivity index (χ1) is 19.8. The van der Waals surface area contributed by atoms with Crippen LogP contribution in [0.25, 0.3) is 54.2 Å². The molecule has 0 radical (unpaired) electrons. The van der Waals surface area contributed by atoms with Gasteiger partial charge in [-0.05, 0) is 76.4 Å². The lowest BCUT2D eigenvalue weighted by Crippen LogP contribution is -2.14. The average Bonchev–Trinajstić information content (AvgIpc) is 3.70. The molecule has 0 fully saturated rings. The van der Waals surface area contributed by atoms with Gasteiger partial charge in [0, 0.05) is 31.9 Å². The largest absolute Gasteiger partial charge is 0.206 e. The summed E-state index contributed by atoms with van der Waals surface area (Å²) in [6.45, 7) is 9.01. The van der Waals surface area contributed by atoms with Crippen molar-refractivity contribution in [2.75, 3.05) is 0 Å². The molecule has 0 unspecified atom stereocenters. The first kappa shape index (κ1) is 26.2. The Morgan fingerprint density at radius 1 is 0.707 bits per heavy atom. The van der Waals surface area contributed by atoms with Crippen molar-refractivity contribution in [2.45, 2.75) is 46.0 Å². The summed E-state index contributed by atoms with van der Waals surface area (Å²) in [4.78, 5) is 1.99. The van der Waals surface area contributed by atoms with Crippen LogP contribution in [0.15, 0.2) is 84.9 Å². The lowest BCUT2D eigenvalue weighted by Gasteiger charge is -2.22. The third-order valence-electron chi connectivity index (χ3n) is 8.49. The van der Waals surface area contributed by atoms with Gasteiger partial charge in [0.15, 0.2) is 0 Å². The average molecular weight is 575 g/mol. The maximum atomic E-state index is 15.1. The molecule has 0 N–H and O–H groups in total. The minimum atomic E-state index is -0.155. The molecular weight excluding hydrogens is 544 g/mol. The molecule has 2 heterocycles. The van der Waals surface area contributed by atoms with E-state index in [-0.39, 0.29) is 11.2 Å². The van der Waals surface area contributed by atoms with Crippen molar-refractivity contribution in [3.63, 3.8) is 0 Å². The van der Waals surface area contributed by atoms with E-state index in [0.717, 1.165) is 55.9 Å². The summed E-state index contributed by atoms with van der Waals surface area (Å²) in [5.74, 6) is 0.449. The van der Waals surface area contributed by atoms with E-state index in [0.29, 0.717) is 11.5 Å². The van der Waals surface area contributed by atoms with E-state index in [2.05, 4.69) is 94.4 Å². The number of hydrogen-bond donors (Lipinski definition) is 0. The van der Waals surface area contributed by atoms with E-state index < -0.39 is 0 Å². The molecule has 4 aromatic carbocycles. The van der Waals surface area contributed by atoms with Crippen molar-refractivity contribution in [1.82, 2.24) is 8.75 Å². The number of nitrogens with zero attached hydrogens (tertiary/aromatic N) is 2. The Kier molecular flexibility index (Phi) is 6.40. The highest BCUT2D eigenvalue weighted by molar-refractivity contribution is 7.19. The highest BCUT2D eigenvalue weighted by Gasteiger charge is 2.35. The number of benzene rings is 4. The van der Waals surface area contributed by atoms with Gasteiger partial charge in [0.1, 0.15) is 16.9 Å². The van der Waals surface area contributed by atoms with Crippen LogP contribution in [-0.2, 0) is 11.8 Å². The monoisotopic (exact) mass is 574 g/mol. The zero-order chi connectivity index (χ0) is 28.3. The van der Waals surface area contributed by atoms with Crippen LogP contribution in [0.5, 0.6) is 0 Å². The van der Waals surface area contributed by atoms with Gasteiger partial charge in [-0.1, -0.05) is 88.4 Å². The summed E-state index contributed by atoms with van der Waals surface area (Å²) in [7, 11) is 0. The highest BCUT2D eigenvalue weighted by atomic mass is 32.1. The van der Waals surface area contributed by atoms with Gasteiger partial charge in [-0.3, -0.25) is 0 Å². The van der Waals surface area contributed by atoms with E-state index in [1.807, 2.05) is 12.1 Å². The third-order valence-corrected chi connectivity index (χ3v) is 10.2. The lowest BCUT2D eigenvalue weighted by molar-refractivity contribution is 0.582. The van der Waals surface area contributed by atoms with E-state index in [4.69, 9.17) is 8.75 Å². The summed E-state index contributed by atoms with van der Waals surface area (Å²) in [6, 6.07) is 29.6. The summed E-state index contributed by atoms with van der Waals surface area (Å²) in [5.41, 5.74) is 12.1. The van der Waals surface area contributed by atoms with Crippen molar-refractivity contribution in [1.29, 1.82) is 0 Å². The molecule has 0 atom stereocenters. The highest BCUT2D eigenvalue weighted by Crippen LogP contribution is 2.50. The van der Waals surface area contributed by atoms with Crippen LogP contribution in [0, 0.1) is 11.7 Å². The lowest BCUT2D eigenvalue weighted by atomic mass is 9.81. The molecule has 2 aromatic heterocycles. The van der Waals surface area contributed by atoms with Gasteiger partial charge in [0.05, 0.1) is 11.7 Å². The summed E-state index contributed by atoms with van der Waals surface area (Å²) >= 11 is 2.85. The van der Waals surface area contributed by atoms with Crippen molar-refractivity contribution >= 4 is 34.1 Å². The minimum absolute atomic E-state index is 0.0589. The van der Waals surface area contributed by atoms with Crippen LogP contribution in [0.1, 0.15) is 50.8 Å². The Balaban J connectivity index is 1.24. The normalized spacial score (nSPS) is 13.6. The number of aromatic nitrogens is 2. The van der Waals surface area contributed by atoms with Crippen LogP contribution in [0.4, 0.5) is 4.39 Å². The molecule has 7 rings (SSSR count). The number of halogens is 1. The second-order valence-electron chi connectivity index (χ2n) is 12.0. The SMILES string of the molecule is CC(C)CCc1ccc(-c2ccc(-c3ccc(-c4ccc5c(c4)C(C)(C)c4ccccc4-5)c4nsnc34)s2)c(F)c1. The molecule has 0 spiro atoms. The topological polar surface area (TPSA) is 25.8 Å². The van der Waals surface area contributed by atoms with Crippen LogP contribution < -0.4 is 0 Å². The number of thiophene rings is 1. The molecule has 5 heteroatoms. The fraction of sp³-hybridized carbons (Fsp3) is 0.222. The predicted octanol–water partition coefficient (Wildman–Crippen LogP) is 10.8. The second-order valence-corrected chi connectivity index (χ2v) is 13.6. The van der Waals surface area contributed by atoms with Crippen molar-refractivity contribution in [2.24, 2.45) is 5.92 Å². The Hall–Kier alpha value is -3.67. The van der Waals surface area contributed by atoms with Gasteiger partial charge in [-0.25, -0.2) is 4.39 Å². The summed E-state index contributed by atoms with van der Waals surface area (Å²) in [6.07, 6.45) is 1.97. The van der Waals surface area contributed by atoms with Gasteiger partial charge in [0.2, 0.25) is 0 Å². The molecule has 2 nitrogen and oxygen atoms in total. The van der Waals surface area contributed by atoms with Gasteiger partial charge in [-0.2, -0.15) is 8.75 Å². The van der Waals surface area contributed by atoms with Crippen LogP contribution >= 0.6 is 23.1 Å². The summed E-state index contributed by atoms with van der Waals surface area (Å²) < 4.78 is 24.6. The number of rotatable bonds is 6. The molecule has 6 aromatic rings. The smallest absolute Gasteiger partial charge is 0.132 e. The fourth-order valence-electron chi connectivity index (χ4n) is 6.17. The van der Waals surface area contributed by atoms with Crippen molar-refractivity contribution < 1.29 is 4.39 Å². The second kappa shape index (κ2) is 10.0. The maximum absolute atomic E-state index is 15.1. The van der Waals surface area contributed by atoms with Gasteiger partial charge >= 0.3 is 0 Å². The molecule has 204 valence electrons. The quantitative estimate of drug-likeness (QED) is 0.198. The minimum Gasteiger partial charge on any atom is -0.206 e. The molecule has 1 aliphatic rings. The van der Waals surface area contributed by atoms with E-state index in [1.54, 1.807) is 17.4 Å². The zero-order valence-corrected chi connectivity index (χ0v) is 25.3. The van der Waals surface area contributed by atoms with Gasteiger partial charge in [0.25, 0.3) is 0 Å².